The highest BCUT2D eigenvalue weighted by Crippen LogP contribution is 2.19. The summed E-state index contributed by atoms with van der Waals surface area (Å²) in [5.74, 6) is 0.0670. The van der Waals surface area contributed by atoms with Crippen LogP contribution in [-0.4, -0.2) is 56.1 Å². The van der Waals surface area contributed by atoms with Crippen LogP contribution < -0.4 is 15.5 Å². The molecule has 1 atom stereocenters. The molecule has 126 valence electrons. The lowest BCUT2D eigenvalue weighted by molar-refractivity contribution is 0.0698. The molecule has 0 bridgehead atoms. The number of anilines is 1. The van der Waals surface area contributed by atoms with E-state index in [1.54, 1.807) is 4.90 Å². The molecule has 0 aliphatic carbocycles. The second kappa shape index (κ2) is 7.66. The molecule has 0 aromatic heterocycles. The summed E-state index contributed by atoms with van der Waals surface area (Å²) in [7, 11) is 1.94. The Morgan fingerprint density at radius 1 is 1.26 bits per heavy atom. The molecule has 2 heterocycles. The molecular formula is C16H23ClN4O2. The molecule has 1 unspecified atom stereocenters. The number of carbonyl (C=O) groups is 2. The van der Waals surface area contributed by atoms with Gasteiger partial charge < -0.3 is 15.5 Å². The summed E-state index contributed by atoms with van der Waals surface area (Å²) < 4.78 is 0. The van der Waals surface area contributed by atoms with Crippen LogP contribution >= 0.6 is 12.4 Å². The number of likely N-dealkylation sites (tertiary alicyclic amines) is 1. The maximum Gasteiger partial charge on any atom is 0.321 e. The second-order valence-electron chi connectivity index (χ2n) is 5.81. The van der Waals surface area contributed by atoms with Gasteiger partial charge in [0.1, 0.15) is 0 Å². The highest BCUT2D eigenvalue weighted by molar-refractivity contribution is 5.97. The van der Waals surface area contributed by atoms with Crippen LogP contribution in [0.2, 0.25) is 0 Å². The monoisotopic (exact) mass is 338 g/mol. The van der Waals surface area contributed by atoms with Crippen molar-refractivity contribution in [3.8, 4) is 0 Å². The van der Waals surface area contributed by atoms with Gasteiger partial charge in [-0.1, -0.05) is 0 Å². The van der Waals surface area contributed by atoms with Gasteiger partial charge in [0.05, 0.1) is 0 Å². The predicted octanol–water partition coefficient (Wildman–Crippen LogP) is 1.46. The summed E-state index contributed by atoms with van der Waals surface area (Å²) in [5, 5.41) is 6.02. The maximum atomic E-state index is 12.6. The van der Waals surface area contributed by atoms with Crippen LogP contribution in [0.15, 0.2) is 24.3 Å². The van der Waals surface area contributed by atoms with Crippen LogP contribution in [0.5, 0.6) is 0 Å². The number of piperidine rings is 1. The second-order valence-corrected chi connectivity index (χ2v) is 5.81. The molecule has 6 nitrogen and oxygen atoms in total. The molecule has 2 N–H and O–H groups in total. The Labute approximate surface area is 142 Å². The largest absolute Gasteiger partial charge is 0.337 e. The van der Waals surface area contributed by atoms with E-state index < -0.39 is 0 Å². The van der Waals surface area contributed by atoms with Crippen LogP contribution in [0.1, 0.15) is 23.2 Å². The molecule has 0 saturated carbocycles. The number of hydrogen-bond acceptors (Lipinski definition) is 3. The number of nitrogens with zero attached hydrogens (tertiary/aromatic N) is 2. The maximum absolute atomic E-state index is 12.6. The van der Waals surface area contributed by atoms with Crippen molar-refractivity contribution in [3.63, 3.8) is 0 Å². The summed E-state index contributed by atoms with van der Waals surface area (Å²) in [4.78, 5) is 27.8. The molecule has 23 heavy (non-hydrogen) atoms. The Kier molecular flexibility index (Phi) is 5.85. The third-order valence-electron chi connectivity index (χ3n) is 4.40. The fourth-order valence-corrected chi connectivity index (χ4v) is 3.08. The number of rotatable bonds is 3. The number of urea groups is 1. The average molecular weight is 339 g/mol. The van der Waals surface area contributed by atoms with Gasteiger partial charge in [0.15, 0.2) is 0 Å². The van der Waals surface area contributed by atoms with Crippen molar-refractivity contribution < 1.29 is 9.59 Å². The summed E-state index contributed by atoms with van der Waals surface area (Å²) in [6, 6.07) is 7.62. The zero-order valence-corrected chi connectivity index (χ0v) is 14.1. The molecule has 3 amide bonds. The molecule has 2 fully saturated rings. The van der Waals surface area contributed by atoms with E-state index in [9.17, 15) is 9.59 Å². The van der Waals surface area contributed by atoms with Crippen molar-refractivity contribution in [2.45, 2.75) is 18.9 Å². The zero-order chi connectivity index (χ0) is 15.5. The highest BCUT2D eigenvalue weighted by atomic mass is 35.5. The van der Waals surface area contributed by atoms with Crippen LogP contribution in [-0.2, 0) is 0 Å². The Balaban J connectivity index is 0.00000192. The lowest BCUT2D eigenvalue weighted by Crippen LogP contribution is -2.46. The van der Waals surface area contributed by atoms with E-state index in [0.29, 0.717) is 24.7 Å². The number of likely N-dealkylation sites (N-methyl/N-ethyl adjacent to an activating group) is 1. The lowest BCUT2D eigenvalue weighted by Gasteiger charge is -2.32. The third kappa shape index (κ3) is 3.76. The van der Waals surface area contributed by atoms with Crippen LogP contribution in [0.25, 0.3) is 0 Å². The average Bonchev–Trinajstić information content (AvgIpc) is 3.00. The number of amides is 3. The van der Waals surface area contributed by atoms with Crippen LogP contribution in [0.4, 0.5) is 10.5 Å². The minimum Gasteiger partial charge on any atom is -0.337 e. The van der Waals surface area contributed by atoms with Crippen molar-refractivity contribution >= 4 is 30.0 Å². The van der Waals surface area contributed by atoms with Gasteiger partial charge in [-0.25, -0.2) is 4.79 Å². The lowest BCUT2D eigenvalue weighted by atomic mass is 10.0. The SMILES string of the molecule is CNC1CCCN(C(=O)c2ccc(N3CCNC3=O)cc2)C1.Cl. The zero-order valence-electron chi connectivity index (χ0n) is 13.2. The molecule has 0 spiro atoms. The predicted molar refractivity (Wildman–Crippen MR) is 92.4 cm³/mol. The summed E-state index contributed by atoms with van der Waals surface area (Å²) in [6.07, 6.45) is 2.15. The minimum atomic E-state index is -0.0769. The summed E-state index contributed by atoms with van der Waals surface area (Å²) >= 11 is 0. The van der Waals surface area contributed by atoms with Crippen molar-refractivity contribution in [2.24, 2.45) is 0 Å². The van der Waals surface area contributed by atoms with Gasteiger partial charge >= 0.3 is 6.03 Å². The van der Waals surface area contributed by atoms with Gasteiger partial charge in [0.25, 0.3) is 5.91 Å². The Morgan fingerprint density at radius 3 is 2.61 bits per heavy atom. The molecule has 2 aliphatic rings. The summed E-state index contributed by atoms with van der Waals surface area (Å²) in [5.41, 5.74) is 1.51. The van der Waals surface area contributed by atoms with Crippen LogP contribution in [0.3, 0.4) is 0 Å². The van der Waals surface area contributed by atoms with E-state index in [2.05, 4.69) is 10.6 Å². The van der Waals surface area contributed by atoms with E-state index >= 15 is 0 Å². The molecule has 0 radical (unpaired) electrons. The van der Waals surface area contributed by atoms with Crippen molar-refractivity contribution in [2.75, 3.05) is 38.1 Å². The molecule has 2 aliphatic heterocycles. The molecule has 1 aromatic carbocycles. The number of halogens is 1. The Morgan fingerprint density at radius 2 is 2.00 bits per heavy atom. The first kappa shape index (κ1) is 17.6. The highest BCUT2D eigenvalue weighted by Gasteiger charge is 2.24. The normalized spacial score (nSPS) is 20.9. The number of benzene rings is 1. The first-order valence-electron chi connectivity index (χ1n) is 7.81. The number of carbonyl (C=O) groups excluding carboxylic acids is 2. The molecule has 1 aromatic rings. The van der Waals surface area contributed by atoms with Crippen molar-refractivity contribution in [1.29, 1.82) is 0 Å². The van der Waals surface area contributed by atoms with E-state index in [-0.39, 0.29) is 24.3 Å². The van der Waals surface area contributed by atoms with Crippen molar-refractivity contribution in [1.82, 2.24) is 15.5 Å². The Hall–Kier alpha value is -1.79. The van der Waals surface area contributed by atoms with E-state index in [0.717, 1.165) is 31.6 Å². The third-order valence-corrected chi connectivity index (χ3v) is 4.40. The van der Waals surface area contributed by atoms with Crippen molar-refractivity contribution in [3.05, 3.63) is 29.8 Å². The minimum absolute atomic E-state index is 0. The van der Waals surface area contributed by atoms with Gasteiger partial charge in [-0.05, 0) is 44.2 Å². The molecule has 2 saturated heterocycles. The first-order chi connectivity index (χ1) is 10.7. The fraction of sp³-hybridized carbons (Fsp3) is 0.500. The smallest absolute Gasteiger partial charge is 0.321 e. The standard InChI is InChI=1S/C16H22N4O2.ClH/c1-17-13-3-2-9-19(11-13)15(21)12-4-6-14(7-5-12)20-10-8-18-16(20)22;/h4-7,13,17H,2-3,8-11H2,1H3,(H,18,22);1H. The molecule has 7 heteroatoms. The number of hydrogen-bond donors (Lipinski definition) is 2. The van der Waals surface area contributed by atoms with Gasteiger partial charge in [0, 0.05) is 43.5 Å². The van der Waals surface area contributed by atoms with Gasteiger partial charge in [-0.2, -0.15) is 0 Å². The molecule has 3 rings (SSSR count). The first-order valence-corrected chi connectivity index (χ1v) is 7.81. The van der Waals surface area contributed by atoms with E-state index in [1.165, 1.54) is 0 Å². The van der Waals surface area contributed by atoms with Crippen LogP contribution in [0, 0.1) is 0 Å². The topological polar surface area (TPSA) is 64.7 Å². The van der Waals surface area contributed by atoms with Gasteiger partial charge in [0.2, 0.25) is 0 Å². The quantitative estimate of drug-likeness (QED) is 0.877. The number of nitrogens with one attached hydrogen (secondary N) is 2. The van der Waals surface area contributed by atoms with Gasteiger partial charge in [-0.3, -0.25) is 9.69 Å². The van der Waals surface area contributed by atoms with E-state index in [4.69, 9.17) is 0 Å². The fourth-order valence-electron chi connectivity index (χ4n) is 3.08. The molecular weight excluding hydrogens is 316 g/mol. The van der Waals surface area contributed by atoms with E-state index in [1.807, 2.05) is 36.2 Å². The summed E-state index contributed by atoms with van der Waals surface area (Å²) in [6.45, 7) is 2.90. The van der Waals surface area contributed by atoms with Gasteiger partial charge in [-0.15, -0.1) is 12.4 Å². The Bertz CT molecular complexity index is 564.